The van der Waals surface area contributed by atoms with Crippen LogP contribution in [-0.2, 0) is 20.6 Å². The Bertz CT molecular complexity index is 887. The lowest BCUT2D eigenvalue weighted by Gasteiger charge is -2.09. The predicted octanol–water partition coefficient (Wildman–Crippen LogP) is 2.57. The zero-order chi connectivity index (χ0) is 18.6. The topological polar surface area (TPSA) is 73.8 Å². The van der Waals surface area contributed by atoms with Crippen molar-refractivity contribution in [3.63, 3.8) is 0 Å². The minimum absolute atomic E-state index is 0.356. The highest BCUT2D eigenvalue weighted by atomic mass is 35.5. The predicted molar refractivity (Wildman–Crippen MR) is 102 cm³/mol. The highest BCUT2D eigenvalue weighted by molar-refractivity contribution is 6.29. The quantitative estimate of drug-likeness (QED) is 0.728. The van der Waals surface area contributed by atoms with E-state index in [1.54, 1.807) is 18.5 Å². The Kier molecular flexibility index (Phi) is 6.47. The van der Waals surface area contributed by atoms with Crippen LogP contribution in [0.2, 0.25) is 0 Å². The van der Waals surface area contributed by atoms with E-state index < -0.39 is 0 Å². The SMILES string of the molecule is CCCCCCNc1nc2c(c(=O)n(C)c(=O)n2C)n1C/C=C(\C)Cl. The standard InChI is InChI=1S/C17H26ClN5O2/c1-5-6-7-8-10-19-16-20-14-13(23(16)11-9-12(2)18)15(24)22(4)17(25)21(14)3/h9H,5-8,10-11H2,1-4H3,(H,19,20)/b12-9+. The van der Waals surface area contributed by atoms with Crippen molar-refractivity contribution in [1.29, 1.82) is 0 Å². The molecule has 0 aliphatic rings. The molecule has 2 aromatic heterocycles. The molecule has 8 heteroatoms. The van der Waals surface area contributed by atoms with Crippen molar-refractivity contribution in [3.05, 3.63) is 31.9 Å². The van der Waals surface area contributed by atoms with Crippen molar-refractivity contribution in [2.75, 3.05) is 11.9 Å². The number of anilines is 1. The van der Waals surface area contributed by atoms with Crippen LogP contribution in [0, 0.1) is 0 Å². The number of hydrogen-bond donors (Lipinski definition) is 1. The zero-order valence-electron chi connectivity index (χ0n) is 15.3. The van der Waals surface area contributed by atoms with Gasteiger partial charge in [0.1, 0.15) is 0 Å². The molecule has 2 rings (SSSR count). The molecule has 0 aliphatic heterocycles. The van der Waals surface area contributed by atoms with Crippen LogP contribution in [0.15, 0.2) is 20.7 Å². The summed E-state index contributed by atoms with van der Waals surface area (Å²) >= 11 is 5.96. The highest BCUT2D eigenvalue weighted by Gasteiger charge is 2.18. The number of aromatic nitrogens is 4. The zero-order valence-corrected chi connectivity index (χ0v) is 16.1. The maximum Gasteiger partial charge on any atom is 0.332 e. The molecular formula is C17H26ClN5O2. The second-order valence-corrected chi connectivity index (χ2v) is 6.80. The number of nitrogens with one attached hydrogen (secondary N) is 1. The van der Waals surface area contributed by atoms with Crippen LogP contribution >= 0.6 is 11.6 Å². The number of unbranched alkanes of at least 4 members (excludes halogenated alkanes) is 3. The first-order valence-corrected chi connectivity index (χ1v) is 8.98. The lowest BCUT2D eigenvalue weighted by atomic mass is 10.2. The smallest absolute Gasteiger partial charge is 0.332 e. The Morgan fingerprint density at radius 2 is 1.92 bits per heavy atom. The molecule has 138 valence electrons. The summed E-state index contributed by atoms with van der Waals surface area (Å²) in [5.74, 6) is 0.582. The molecule has 2 aromatic rings. The van der Waals surface area contributed by atoms with Gasteiger partial charge >= 0.3 is 5.69 Å². The number of hydrogen-bond acceptors (Lipinski definition) is 4. The van der Waals surface area contributed by atoms with Crippen molar-refractivity contribution in [2.24, 2.45) is 14.1 Å². The number of halogens is 1. The monoisotopic (exact) mass is 367 g/mol. The van der Waals surface area contributed by atoms with Crippen molar-refractivity contribution in [2.45, 2.75) is 46.1 Å². The highest BCUT2D eigenvalue weighted by Crippen LogP contribution is 2.16. The molecule has 0 saturated heterocycles. The molecule has 0 bridgehead atoms. The Morgan fingerprint density at radius 3 is 2.56 bits per heavy atom. The summed E-state index contributed by atoms with van der Waals surface area (Å²) in [7, 11) is 3.09. The Labute approximate surface area is 151 Å². The normalized spacial score (nSPS) is 12.1. The summed E-state index contributed by atoms with van der Waals surface area (Å²) in [4.78, 5) is 29.2. The number of aryl methyl sites for hydroxylation is 1. The number of fused-ring (bicyclic) bond motifs is 1. The molecule has 2 heterocycles. The third-order valence-electron chi connectivity index (χ3n) is 4.22. The summed E-state index contributed by atoms with van der Waals surface area (Å²) in [5.41, 5.74) is 0.0329. The van der Waals surface area contributed by atoms with Gasteiger partial charge < -0.3 is 9.88 Å². The molecule has 0 aromatic carbocycles. The number of allylic oxidation sites excluding steroid dienone is 2. The molecule has 1 N–H and O–H groups in total. The van der Waals surface area contributed by atoms with E-state index in [9.17, 15) is 9.59 Å². The molecule has 7 nitrogen and oxygen atoms in total. The van der Waals surface area contributed by atoms with E-state index in [-0.39, 0.29) is 11.2 Å². The maximum absolute atomic E-state index is 12.6. The van der Waals surface area contributed by atoms with Gasteiger partial charge in [0.05, 0.1) is 0 Å². The van der Waals surface area contributed by atoms with Crippen LogP contribution in [0.1, 0.15) is 39.5 Å². The maximum atomic E-state index is 12.6. The third-order valence-corrected chi connectivity index (χ3v) is 4.37. The van der Waals surface area contributed by atoms with Gasteiger partial charge in [-0.15, -0.1) is 0 Å². The first-order chi connectivity index (χ1) is 11.9. The van der Waals surface area contributed by atoms with E-state index in [0.29, 0.717) is 28.7 Å². The van der Waals surface area contributed by atoms with Gasteiger partial charge in [0.15, 0.2) is 11.2 Å². The second kappa shape index (κ2) is 8.38. The number of nitrogens with zero attached hydrogens (tertiary/aromatic N) is 4. The Balaban J connectivity index is 2.49. The van der Waals surface area contributed by atoms with Crippen LogP contribution in [0.5, 0.6) is 0 Å². The van der Waals surface area contributed by atoms with Crippen molar-refractivity contribution in [1.82, 2.24) is 18.7 Å². The van der Waals surface area contributed by atoms with Gasteiger partial charge in [-0.1, -0.05) is 43.9 Å². The molecule has 0 radical (unpaired) electrons. The van der Waals surface area contributed by atoms with Crippen LogP contribution in [0.4, 0.5) is 5.95 Å². The van der Waals surface area contributed by atoms with Crippen molar-refractivity contribution >= 4 is 28.7 Å². The fourth-order valence-electron chi connectivity index (χ4n) is 2.73. The molecule has 0 aliphatic carbocycles. The van der Waals surface area contributed by atoms with E-state index in [1.807, 2.05) is 6.08 Å². The molecule has 0 amide bonds. The van der Waals surface area contributed by atoms with Gasteiger partial charge in [0, 0.05) is 32.2 Å². The summed E-state index contributed by atoms with van der Waals surface area (Å²) < 4.78 is 4.28. The first-order valence-electron chi connectivity index (χ1n) is 8.60. The van der Waals surface area contributed by atoms with E-state index in [2.05, 4.69) is 17.2 Å². The molecule has 0 atom stereocenters. The number of rotatable bonds is 8. The molecule has 25 heavy (non-hydrogen) atoms. The summed E-state index contributed by atoms with van der Waals surface area (Å²) in [6.45, 7) is 5.13. The van der Waals surface area contributed by atoms with Crippen LogP contribution in [0.3, 0.4) is 0 Å². The van der Waals surface area contributed by atoms with Gasteiger partial charge in [-0.3, -0.25) is 13.9 Å². The average molecular weight is 368 g/mol. The lowest BCUT2D eigenvalue weighted by molar-refractivity contribution is 0.680. The second-order valence-electron chi connectivity index (χ2n) is 6.20. The van der Waals surface area contributed by atoms with Gasteiger partial charge in [-0.05, 0) is 13.3 Å². The Morgan fingerprint density at radius 1 is 1.20 bits per heavy atom. The molecule has 0 saturated carbocycles. The molecular weight excluding hydrogens is 342 g/mol. The molecule has 0 fully saturated rings. The van der Waals surface area contributed by atoms with Crippen LogP contribution in [-0.4, -0.2) is 25.2 Å². The first kappa shape index (κ1) is 19.3. The largest absolute Gasteiger partial charge is 0.356 e. The van der Waals surface area contributed by atoms with Gasteiger partial charge in [0.2, 0.25) is 5.95 Å². The van der Waals surface area contributed by atoms with Gasteiger partial charge in [-0.25, -0.2) is 4.79 Å². The van der Waals surface area contributed by atoms with Crippen LogP contribution in [0.25, 0.3) is 11.2 Å². The fourth-order valence-corrected chi connectivity index (χ4v) is 2.80. The van der Waals surface area contributed by atoms with Gasteiger partial charge in [0.25, 0.3) is 5.56 Å². The van der Waals surface area contributed by atoms with Crippen LogP contribution < -0.4 is 16.6 Å². The molecule has 0 spiro atoms. The summed E-state index contributed by atoms with van der Waals surface area (Å²) in [6, 6.07) is 0. The van der Waals surface area contributed by atoms with E-state index >= 15 is 0 Å². The average Bonchev–Trinajstić information content (AvgIpc) is 2.94. The minimum Gasteiger partial charge on any atom is -0.356 e. The summed E-state index contributed by atoms with van der Waals surface area (Å²) in [6.07, 6.45) is 6.36. The third kappa shape index (κ3) is 4.15. The fraction of sp³-hybridized carbons (Fsp3) is 0.588. The molecule has 0 unspecified atom stereocenters. The Hall–Kier alpha value is -2.02. The van der Waals surface area contributed by atoms with E-state index in [1.165, 1.54) is 24.5 Å². The minimum atomic E-state index is -0.388. The lowest BCUT2D eigenvalue weighted by Crippen LogP contribution is -2.37. The van der Waals surface area contributed by atoms with E-state index in [0.717, 1.165) is 24.0 Å². The van der Waals surface area contributed by atoms with Gasteiger partial charge in [-0.2, -0.15) is 4.98 Å². The van der Waals surface area contributed by atoms with Crippen molar-refractivity contribution < 1.29 is 0 Å². The van der Waals surface area contributed by atoms with Crippen molar-refractivity contribution in [3.8, 4) is 0 Å². The summed E-state index contributed by atoms with van der Waals surface area (Å²) in [5, 5.41) is 3.93. The van der Waals surface area contributed by atoms with E-state index in [4.69, 9.17) is 11.6 Å². The number of imidazole rings is 1.